The van der Waals surface area contributed by atoms with E-state index < -0.39 is 6.04 Å². The summed E-state index contributed by atoms with van der Waals surface area (Å²) in [5.41, 5.74) is 2.73. The fraction of sp³-hybridized carbons (Fsp3) is 0.333. The number of nitrogens with zero attached hydrogens (tertiary/aromatic N) is 1. The van der Waals surface area contributed by atoms with E-state index in [1.165, 1.54) is 26.9 Å². The number of rotatable bonds is 7. The van der Waals surface area contributed by atoms with Crippen LogP contribution in [0, 0.1) is 0 Å². The summed E-state index contributed by atoms with van der Waals surface area (Å²) in [4.78, 5) is 17.5. The van der Waals surface area contributed by atoms with Gasteiger partial charge in [-0.3, -0.25) is 9.79 Å². The minimum absolute atomic E-state index is 0.0711. The Kier molecular flexibility index (Phi) is 5.64. The van der Waals surface area contributed by atoms with E-state index in [0.717, 1.165) is 17.8 Å². The minimum atomic E-state index is -0.423. The van der Waals surface area contributed by atoms with Crippen molar-refractivity contribution in [2.24, 2.45) is 4.99 Å². The van der Waals surface area contributed by atoms with Crippen LogP contribution in [0.4, 0.5) is 0 Å². The Labute approximate surface area is 159 Å². The van der Waals surface area contributed by atoms with Gasteiger partial charge in [-0.1, -0.05) is 31.2 Å². The molecule has 1 aliphatic rings. The summed E-state index contributed by atoms with van der Waals surface area (Å²) in [5.74, 6) is 2.04. The molecule has 0 saturated heterocycles. The van der Waals surface area contributed by atoms with Crippen LogP contribution in [0.15, 0.2) is 41.4 Å². The number of methoxy groups -OCH3 is 3. The number of aryl methyl sites for hydroxylation is 1. The molecule has 1 unspecified atom stereocenters. The van der Waals surface area contributed by atoms with Crippen molar-refractivity contribution in [3.8, 4) is 17.2 Å². The lowest BCUT2D eigenvalue weighted by Gasteiger charge is -2.16. The number of nitrogens with one attached hydrogen (secondary N) is 1. The third kappa shape index (κ3) is 3.74. The molecule has 0 amide bonds. The molecule has 6 heteroatoms. The van der Waals surface area contributed by atoms with Crippen LogP contribution in [0.25, 0.3) is 0 Å². The smallest absolute Gasteiger partial charge is 0.203 e. The van der Waals surface area contributed by atoms with Gasteiger partial charge < -0.3 is 19.5 Å². The quantitative estimate of drug-likeness (QED) is 0.761. The first-order chi connectivity index (χ1) is 13.1. The van der Waals surface area contributed by atoms with Crippen LogP contribution in [0.5, 0.6) is 17.2 Å². The molecule has 0 saturated carbocycles. The SMILES string of the molecule is CCc1ccc(C2=NCC(C(=O)c3cc(OC)c(OC)c(OC)c3)N2)cc1. The van der Waals surface area contributed by atoms with Gasteiger partial charge in [-0.05, 0) is 24.1 Å². The lowest BCUT2D eigenvalue weighted by molar-refractivity contribution is 0.0959. The fourth-order valence-electron chi connectivity index (χ4n) is 3.08. The van der Waals surface area contributed by atoms with Crippen LogP contribution in [0.3, 0.4) is 0 Å². The van der Waals surface area contributed by atoms with E-state index in [0.29, 0.717) is 29.4 Å². The zero-order valence-electron chi connectivity index (χ0n) is 16.0. The summed E-state index contributed by atoms with van der Waals surface area (Å²) in [5, 5.41) is 3.23. The molecule has 1 heterocycles. The number of ketones is 1. The van der Waals surface area contributed by atoms with Gasteiger partial charge in [0.1, 0.15) is 11.9 Å². The van der Waals surface area contributed by atoms with Crippen molar-refractivity contribution in [2.75, 3.05) is 27.9 Å². The molecule has 1 atom stereocenters. The number of amidine groups is 1. The first-order valence-corrected chi connectivity index (χ1v) is 8.85. The number of benzene rings is 2. The molecule has 0 spiro atoms. The monoisotopic (exact) mass is 368 g/mol. The molecule has 0 bridgehead atoms. The maximum Gasteiger partial charge on any atom is 0.203 e. The number of hydrogen-bond donors (Lipinski definition) is 1. The van der Waals surface area contributed by atoms with Crippen molar-refractivity contribution in [3.63, 3.8) is 0 Å². The third-order valence-electron chi connectivity index (χ3n) is 4.64. The summed E-state index contributed by atoms with van der Waals surface area (Å²) < 4.78 is 16.0. The standard InChI is InChI=1S/C21H24N2O4/c1-5-13-6-8-14(9-7-13)21-22-12-16(23-21)19(24)15-10-17(25-2)20(27-4)18(11-15)26-3/h6-11,16H,5,12H2,1-4H3,(H,22,23). The van der Waals surface area contributed by atoms with Gasteiger partial charge in [-0.15, -0.1) is 0 Å². The first-order valence-electron chi connectivity index (χ1n) is 8.85. The number of carbonyl (C=O) groups excluding carboxylic acids is 1. The number of hydrogen-bond acceptors (Lipinski definition) is 6. The van der Waals surface area contributed by atoms with Gasteiger partial charge in [0.05, 0.1) is 27.9 Å². The zero-order valence-corrected chi connectivity index (χ0v) is 16.0. The molecular formula is C21H24N2O4. The zero-order chi connectivity index (χ0) is 19.4. The van der Waals surface area contributed by atoms with E-state index in [4.69, 9.17) is 14.2 Å². The molecule has 0 aromatic heterocycles. The number of Topliss-reactive ketones (excluding diaryl/α,β-unsaturated/α-hetero) is 1. The number of ether oxygens (including phenoxy) is 3. The second kappa shape index (κ2) is 8.12. The number of carbonyl (C=O) groups is 1. The van der Waals surface area contributed by atoms with Crippen molar-refractivity contribution in [2.45, 2.75) is 19.4 Å². The highest BCUT2D eigenvalue weighted by Gasteiger charge is 2.28. The van der Waals surface area contributed by atoms with Gasteiger partial charge in [-0.2, -0.15) is 0 Å². The summed E-state index contributed by atoms with van der Waals surface area (Å²) >= 11 is 0. The Morgan fingerprint density at radius 1 is 1.07 bits per heavy atom. The van der Waals surface area contributed by atoms with E-state index in [-0.39, 0.29) is 5.78 Å². The lowest BCUT2D eigenvalue weighted by Crippen LogP contribution is -2.37. The third-order valence-corrected chi connectivity index (χ3v) is 4.64. The highest BCUT2D eigenvalue weighted by atomic mass is 16.5. The predicted octanol–water partition coefficient (Wildman–Crippen LogP) is 2.88. The second-order valence-electron chi connectivity index (χ2n) is 6.21. The molecule has 1 aliphatic heterocycles. The molecule has 1 N–H and O–H groups in total. The van der Waals surface area contributed by atoms with E-state index in [2.05, 4.69) is 29.4 Å². The van der Waals surface area contributed by atoms with Gasteiger partial charge in [0.25, 0.3) is 0 Å². The Balaban J connectivity index is 1.79. The van der Waals surface area contributed by atoms with Gasteiger partial charge in [0, 0.05) is 11.1 Å². The topological polar surface area (TPSA) is 69.2 Å². The molecule has 0 fully saturated rings. The molecule has 2 aromatic rings. The van der Waals surface area contributed by atoms with Crippen LogP contribution < -0.4 is 19.5 Å². The molecule has 2 aromatic carbocycles. The summed E-state index contributed by atoms with van der Waals surface area (Å²) in [6.45, 7) is 2.51. The molecule has 6 nitrogen and oxygen atoms in total. The average molecular weight is 368 g/mol. The molecule has 142 valence electrons. The highest BCUT2D eigenvalue weighted by Crippen LogP contribution is 2.38. The van der Waals surface area contributed by atoms with Crippen molar-refractivity contribution in [1.82, 2.24) is 5.32 Å². The molecule has 3 rings (SSSR count). The van der Waals surface area contributed by atoms with Crippen molar-refractivity contribution < 1.29 is 19.0 Å². The van der Waals surface area contributed by atoms with E-state index in [1.807, 2.05) is 12.1 Å². The van der Waals surface area contributed by atoms with E-state index in [9.17, 15) is 4.79 Å². The van der Waals surface area contributed by atoms with E-state index in [1.54, 1.807) is 12.1 Å². The maximum atomic E-state index is 13.0. The van der Waals surface area contributed by atoms with Crippen LogP contribution in [-0.2, 0) is 6.42 Å². The van der Waals surface area contributed by atoms with Gasteiger partial charge in [-0.25, -0.2) is 0 Å². The average Bonchev–Trinajstić information content (AvgIpc) is 3.22. The summed E-state index contributed by atoms with van der Waals surface area (Å²) in [6, 6.07) is 11.1. The Hall–Kier alpha value is -3.02. The molecular weight excluding hydrogens is 344 g/mol. The normalized spacial score (nSPS) is 15.7. The predicted molar refractivity (Wildman–Crippen MR) is 105 cm³/mol. The van der Waals surface area contributed by atoms with Gasteiger partial charge in [0.2, 0.25) is 5.75 Å². The van der Waals surface area contributed by atoms with Crippen molar-refractivity contribution in [1.29, 1.82) is 0 Å². The van der Waals surface area contributed by atoms with Crippen LogP contribution in [0.1, 0.15) is 28.4 Å². The van der Waals surface area contributed by atoms with Crippen molar-refractivity contribution in [3.05, 3.63) is 53.1 Å². The van der Waals surface area contributed by atoms with Crippen LogP contribution in [-0.4, -0.2) is 45.5 Å². The van der Waals surface area contributed by atoms with E-state index >= 15 is 0 Å². The van der Waals surface area contributed by atoms with Crippen LogP contribution >= 0.6 is 0 Å². The Morgan fingerprint density at radius 3 is 2.22 bits per heavy atom. The largest absolute Gasteiger partial charge is 0.493 e. The minimum Gasteiger partial charge on any atom is -0.493 e. The maximum absolute atomic E-state index is 13.0. The van der Waals surface area contributed by atoms with Crippen LogP contribution in [0.2, 0.25) is 0 Å². The molecule has 27 heavy (non-hydrogen) atoms. The summed E-state index contributed by atoms with van der Waals surface area (Å²) in [6.07, 6.45) is 0.989. The molecule has 0 radical (unpaired) electrons. The fourth-order valence-corrected chi connectivity index (χ4v) is 3.08. The molecule has 0 aliphatic carbocycles. The van der Waals surface area contributed by atoms with Gasteiger partial charge >= 0.3 is 0 Å². The number of aliphatic imine (C=N–C) groups is 1. The summed E-state index contributed by atoms with van der Waals surface area (Å²) in [7, 11) is 4.59. The Morgan fingerprint density at radius 2 is 1.70 bits per heavy atom. The highest BCUT2D eigenvalue weighted by molar-refractivity contribution is 6.08. The van der Waals surface area contributed by atoms with Gasteiger partial charge in [0.15, 0.2) is 17.3 Å². The Bertz CT molecular complexity index is 834. The first kappa shape index (κ1) is 18.8. The second-order valence-corrected chi connectivity index (χ2v) is 6.21. The van der Waals surface area contributed by atoms with Crippen molar-refractivity contribution >= 4 is 11.6 Å². The lowest BCUT2D eigenvalue weighted by atomic mass is 10.0.